The molecule has 0 unspecified atom stereocenters. The molecule has 2 rings (SSSR count). The number of aromatic nitrogens is 1. The van der Waals surface area contributed by atoms with Gasteiger partial charge in [0.15, 0.2) is 0 Å². The van der Waals surface area contributed by atoms with Gasteiger partial charge in [0.05, 0.1) is 6.61 Å². The highest BCUT2D eigenvalue weighted by atomic mass is 16.3. The lowest BCUT2D eigenvalue weighted by Gasteiger charge is -2.15. The van der Waals surface area contributed by atoms with Crippen molar-refractivity contribution in [2.24, 2.45) is 0 Å². The predicted molar refractivity (Wildman–Crippen MR) is 80.0 cm³/mol. The molecular formula is C15H19N3O3. The summed E-state index contributed by atoms with van der Waals surface area (Å²) in [6.07, 6.45) is 0. The lowest BCUT2D eigenvalue weighted by molar-refractivity contribution is -0.123. The average molecular weight is 289 g/mol. The van der Waals surface area contributed by atoms with E-state index in [9.17, 15) is 14.7 Å². The fraction of sp³-hybridized carbons (Fsp3) is 0.333. The normalized spacial score (nSPS) is 12.1. The van der Waals surface area contributed by atoms with Crippen LogP contribution in [0.4, 0.5) is 0 Å². The molecule has 1 atom stereocenters. The average Bonchev–Trinajstić information content (AvgIpc) is 2.90. The van der Waals surface area contributed by atoms with Crippen molar-refractivity contribution in [3.05, 3.63) is 36.0 Å². The second-order valence-corrected chi connectivity index (χ2v) is 4.66. The molecule has 112 valence electrons. The van der Waals surface area contributed by atoms with Gasteiger partial charge in [-0.05, 0) is 19.1 Å². The van der Waals surface area contributed by atoms with Crippen LogP contribution in [0.25, 0.3) is 10.9 Å². The van der Waals surface area contributed by atoms with Gasteiger partial charge >= 0.3 is 0 Å². The smallest absolute Gasteiger partial charge is 0.268 e. The third-order valence-corrected chi connectivity index (χ3v) is 3.41. The van der Waals surface area contributed by atoms with Crippen LogP contribution in [0.2, 0.25) is 0 Å². The maximum atomic E-state index is 12.4. The third-order valence-electron chi connectivity index (χ3n) is 3.41. The van der Waals surface area contributed by atoms with E-state index in [1.165, 1.54) is 7.05 Å². The van der Waals surface area contributed by atoms with Gasteiger partial charge in [-0.15, -0.1) is 0 Å². The van der Waals surface area contributed by atoms with E-state index in [1.807, 2.05) is 35.8 Å². The molecule has 2 aromatic rings. The van der Waals surface area contributed by atoms with Gasteiger partial charge in [0.25, 0.3) is 5.91 Å². The van der Waals surface area contributed by atoms with Gasteiger partial charge in [0, 0.05) is 24.5 Å². The summed E-state index contributed by atoms with van der Waals surface area (Å²) in [7, 11) is 1.46. The van der Waals surface area contributed by atoms with Gasteiger partial charge in [0.1, 0.15) is 11.7 Å². The van der Waals surface area contributed by atoms with Crippen LogP contribution in [0.5, 0.6) is 0 Å². The van der Waals surface area contributed by atoms with Gasteiger partial charge in [-0.2, -0.15) is 0 Å². The number of para-hydroxylation sites is 1. The molecule has 0 saturated heterocycles. The number of nitrogens with one attached hydrogen (secondary N) is 2. The Morgan fingerprint density at radius 1 is 1.33 bits per heavy atom. The molecule has 0 aliphatic rings. The molecule has 2 amide bonds. The van der Waals surface area contributed by atoms with E-state index in [0.29, 0.717) is 12.2 Å². The first-order chi connectivity index (χ1) is 10.1. The lowest BCUT2D eigenvalue weighted by atomic mass is 10.2. The number of aryl methyl sites for hydroxylation is 1. The van der Waals surface area contributed by atoms with Crippen LogP contribution in [0, 0.1) is 0 Å². The van der Waals surface area contributed by atoms with E-state index in [1.54, 1.807) is 6.07 Å². The molecular weight excluding hydrogens is 270 g/mol. The Balaban J connectivity index is 2.33. The van der Waals surface area contributed by atoms with Crippen LogP contribution in [0.3, 0.4) is 0 Å². The van der Waals surface area contributed by atoms with Gasteiger partial charge in [-0.1, -0.05) is 18.2 Å². The summed E-state index contributed by atoms with van der Waals surface area (Å²) in [4.78, 5) is 23.9. The molecule has 1 heterocycles. The molecule has 0 fully saturated rings. The van der Waals surface area contributed by atoms with Crippen molar-refractivity contribution in [1.82, 2.24) is 15.2 Å². The van der Waals surface area contributed by atoms with Crippen LogP contribution in [-0.4, -0.2) is 41.2 Å². The summed E-state index contributed by atoms with van der Waals surface area (Å²) in [5.41, 5.74) is 1.44. The van der Waals surface area contributed by atoms with Crippen LogP contribution < -0.4 is 10.6 Å². The van der Waals surface area contributed by atoms with Crippen LogP contribution in [0.1, 0.15) is 17.4 Å². The molecule has 3 N–H and O–H groups in total. The molecule has 0 bridgehead atoms. The number of carbonyl (C=O) groups excluding carboxylic acids is 2. The minimum absolute atomic E-state index is 0.379. The highest BCUT2D eigenvalue weighted by Gasteiger charge is 2.22. The van der Waals surface area contributed by atoms with E-state index in [4.69, 9.17) is 0 Å². The minimum Gasteiger partial charge on any atom is -0.394 e. The van der Waals surface area contributed by atoms with Crippen LogP contribution >= 0.6 is 0 Å². The summed E-state index contributed by atoms with van der Waals surface area (Å²) < 4.78 is 1.88. The van der Waals surface area contributed by atoms with E-state index in [0.717, 1.165) is 10.9 Å². The largest absolute Gasteiger partial charge is 0.394 e. The standard InChI is InChI=1S/C15H19N3O3/c1-3-18-12-7-5-4-6-10(12)8-13(18)15(21)17-11(9-19)14(20)16-2/h4-8,11,19H,3,9H2,1-2H3,(H,16,20)(H,17,21)/t11-/m1/s1. The number of hydrogen-bond donors (Lipinski definition) is 3. The topological polar surface area (TPSA) is 83.4 Å². The third kappa shape index (κ3) is 2.90. The highest BCUT2D eigenvalue weighted by molar-refractivity contribution is 6.00. The molecule has 0 aliphatic heterocycles. The quantitative estimate of drug-likeness (QED) is 0.749. The Bertz CT molecular complexity index is 663. The zero-order chi connectivity index (χ0) is 15.4. The fourth-order valence-electron chi connectivity index (χ4n) is 2.34. The van der Waals surface area contributed by atoms with E-state index >= 15 is 0 Å². The Labute approximate surface area is 122 Å². The van der Waals surface area contributed by atoms with Crippen LogP contribution in [0.15, 0.2) is 30.3 Å². The van der Waals surface area contributed by atoms with Gasteiger partial charge in [0.2, 0.25) is 5.91 Å². The molecule has 21 heavy (non-hydrogen) atoms. The molecule has 6 nitrogen and oxygen atoms in total. The van der Waals surface area contributed by atoms with Crippen molar-refractivity contribution in [1.29, 1.82) is 0 Å². The number of carbonyl (C=O) groups is 2. The van der Waals surface area contributed by atoms with Gasteiger partial charge < -0.3 is 20.3 Å². The molecule has 0 spiro atoms. The number of aliphatic hydroxyl groups is 1. The zero-order valence-electron chi connectivity index (χ0n) is 12.1. The molecule has 1 aromatic heterocycles. The maximum absolute atomic E-state index is 12.4. The highest BCUT2D eigenvalue weighted by Crippen LogP contribution is 2.19. The van der Waals surface area contributed by atoms with E-state index in [2.05, 4.69) is 10.6 Å². The summed E-state index contributed by atoms with van der Waals surface area (Å²) in [5.74, 6) is -0.805. The Morgan fingerprint density at radius 2 is 2.05 bits per heavy atom. The van der Waals surface area contributed by atoms with Crippen molar-refractivity contribution in [3.63, 3.8) is 0 Å². The molecule has 1 aromatic carbocycles. The maximum Gasteiger partial charge on any atom is 0.268 e. The molecule has 0 saturated carbocycles. The van der Waals surface area contributed by atoms with E-state index in [-0.39, 0.29) is 5.91 Å². The number of likely N-dealkylation sites (N-methyl/N-ethyl adjacent to an activating group) is 1. The number of benzene rings is 1. The predicted octanol–water partition coefficient (Wildman–Crippen LogP) is 0.498. The molecule has 0 radical (unpaired) electrons. The number of amides is 2. The number of rotatable bonds is 5. The first-order valence-corrected chi connectivity index (χ1v) is 6.84. The zero-order valence-corrected chi connectivity index (χ0v) is 12.1. The fourth-order valence-corrected chi connectivity index (χ4v) is 2.34. The summed E-state index contributed by atoms with van der Waals surface area (Å²) in [6.45, 7) is 2.14. The Kier molecular flexibility index (Phi) is 4.59. The van der Waals surface area contributed by atoms with Crippen LogP contribution in [-0.2, 0) is 11.3 Å². The van der Waals surface area contributed by atoms with Crippen molar-refractivity contribution in [3.8, 4) is 0 Å². The minimum atomic E-state index is -0.953. The van der Waals surface area contributed by atoms with Gasteiger partial charge in [-0.3, -0.25) is 9.59 Å². The van der Waals surface area contributed by atoms with Crippen molar-refractivity contribution >= 4 is 22.7 Å². The van der Waals surface area contributed by atoms with Crippen molar-refractivity contribution < 1.29 is 14.7 Å². The lowest BCUT2D eigenvalue weighted by Crippen LogP contribution is -2.48. The molecule has 6 heteroatoms. The Hall–Kier alpha value is -2.34. The number of hydrogen-bond acceptors (Lipinski definition) is 3. The summed E-state index contributed by atoms with van der Waals surface area (Å²) >= 11 is 0. The summed E-state index contributed by atoms with van der Waals surface area (Å²) in [5, 5.41) is 15.1. The van der Waals surface area contributed by atoms with E-state index < -0.39 is 18.6 Å². The number of fused-ring (bicyclic) bond motifs is 1. The second kappa shape index (κ2) is 6.41. The second-order valence-electron chi connectivity index (χ2n) is 4.66. The summed E-state index contributed by atoms with van der Waals surface area (Å²) in [6, 6.07) is 8.53. The molecule has 0 aliphatic carbocycles. The first kappa shape index (κ1) is 15.1. The van der Waals surface area contributed by atoms with Crippen molar-refractivity contribution in [2.45, 2.75) is 19.5 Å². The Morgan fingerprint density at radius 3 is 2.67 bits per heavy atom. The van der Waals surface area contributed by atoms with Crippen molar-refractivity contribution in [2.75, 3.05) is 13.7 Å². The first-order valence-electron chi connectivity index (χ1n) is 6.84. The van der Waals surface area contributed by atoms with Gasteiger partial charge in [-0.25, -0.2) is 0 Å². The number of nitrogens with zero attached hydrogens (tertiary/aromatic N) is 1. The monoisotopic (exact) mass is 289 g/mol. The SMILES string of the molecule is CCn1c(C(=O)N[C@H](CO)C(=O)NC)cc2ccccc21. The number of aliphatic hydroxyl groups excluding tert-OH is 1.